The molecule has 2 unspecified atom stereocenters. The van der Waals surface area contributed by atoms with Gasteiger partial charge in [-0.25, -0.2) is 0 Å². The second-order valence-corrected chi connectivity index (χ2v) is 5.90. The van der Waals surface area contributed by atoms with E-state index in [9.17, 15) is 0 Å². The second kappa shape index (κ2) is 7.06. The molecule has 0 aromatic heterocycles. The molecular weight excluding hydrogens is 232 g/mol. The third kappa shape index (κ3) is 4.05. The lowest BCUT2D eigenvalue weighted by Gasteiger charge is -2.21. The van der Waals surface area contributed by atoms with Crippen LogP contribution in [0, 0.1) is 12.8 Å². The van der Waals surface area contributed by atoms with Crippen molar-refractivity contribution in [2.45, 2.75) is 39.2 Å². The molecule has 1 heterocycles. The molecule has 1 aliphatic heterocycles. The van der Waals surface area contributed by atoms with Crippen molar-refractivity contribution in [1.29, 1.82) is 0 Å². The predicted octanol–water partition coefficient (Wildman–Crippen LogP) is 3.38. The van der Waals surface area contributed by atoms with E-state index < -0.39 is 0 Å². The van der Waals surface area contributed by atoms with Crippen molar-refractivity contribution < 1.29 is 0 Å². The van der Waals surface area contributed by atoms with Crippen LogP contribution in [0.5, 0.6) is 0 Å². The van der Waals surface area contributed by atoms with Crippen LogP contribution in [0.2, 0.25) is 0 Å². The minimum absolute atomic E-state index is 0.487. The summed E-state index contributed by atoms with van der Waals surface area (Å²) in [6, 6.07) is 9.43. The van der Waals surface area contributed by atoms with Gasteiger partial charge >= 0.3 is 0 Å². The van der Waals surface area contributed by atoms with Gasteiger partial charge < -0.3 is 10.2 Å². The van der Waals surface area contributed by atoms with E-state index >= 15 is 0 Å². The highest BCUT2D eigenvalue weighted by atomic mass is 15.1. The summed E-state index contributed by atoms with van der Waals surface area (Å²) in [7, 11) is 2.07. The lowest BCUT2D eigenvalue weighted by molar-refractivity contribution is 0.301. The number of benzene rings is 1. The van der Waals surface area contributed by atoms with E-state index in [-0.39, 0.29) is 0 Å². The summed E-state index contributed by atoms with van der Waals surface area (Å²) < 4.78 is 0. The average molecular weight is 260 g/mol. The second-order valence-electron chi connectivity index (χ2n) is 5.90. The van der Waals surface area contributed by atoms with Gasteiger partial charge in [0.2, 0.25) is 0 Å². The van der Waals surface area contributed by atoms with E-state index in [2.05, 4.69) is 55.4 Å². The summed E-state index contributed by atoms with van der Waals surface area (Å²) in [5, 5.41) is 3.46. The Balaban J connectivity index is 1.84. The molecule has 1 aliphatic rings. The highest BCUT2D eigenvalue weighted by Gasteiger charge is 2.21. The zero-order valence-corrected chi connectivity index (χ0v) is 12.7. The summed E-state index contributed by atoms with van der Waals surface area (Å²) >= 11 is 0. The molecule has 1 saturated heterocycles. The van der Waals surface area contributed by atoms with Crippen LogP contribution in [0.3, 0.4) is 0 Å². The quantitative estimate of drug-likeness (QED) is 0.843. The maximum atomic E-state index is 3.46. The first kappa shape index (κ1) is 14.5. The first-order chi connectivity index (χ1) is 9.22. The smallest absolute Gasteiger partial charge is 0.0329 e. The first-order valence-electron chi connectivity index (χ1n) is 7.69. The Labute approximate surface area is 118 Å². The van der Waals surface area contributed by atoms with E-state index in [1.54, 1.807) is 0 Å². The van der Waals surface area contributed by atoms with Crippen LogP contribution >= 0.6 is 0 Å². The summed E-state index contributed by atoms with van der Waals surface area (Å²) in [6.45, 7) is 8.28. The van der Waals surface area contributed by atoms with Gasteiger partial charge in [0.15, 0.2) is 0 Å². The topological polar surface area (TPSA) is 15.3 Å². The molecule has 1 fully saturated rings. The molecule has 2 atom stereocenters. The number of hydrogen-bond donors (Lipinski definition) is 1. The maximum Gasteiger partial charge on any atom is 0.0329 e. The van der Waals surface area contributed by atoms with Crippen LogP contribution in [0.25, 0.3) is 0 Å². The Hall–Kier alpha value is -0.860. The summed E-state index contributed by atoms with van der Waals surface area (Å²) in [5.74, 6) is 0.937. The molecule has 1 aromatic rings. The fraction of sp³-hybridized carbons (Fsp3) is 0.647. The van der Waals surface area contributed by atoms with Crippen molar-refractivity contribution in [3.63, 3.8) is 0 Å². The van der Waals surface area contributed by atoms with E-state index in [4.69, 9.17) is 0 Å². The fourth-order valence-corrected chi connectivity index (χ4v) is 3.04. The molecule has 0 bridgehead atoms. The molecule has 1 N–H and O–H groups in total. The van der Waals surface area contributed by atoms with Gasteiger partial charge in [0.25, 0.3) is 0 Å². The highest BCUT2D eigenvalue weighted by Crippen LogP contribution is 2.22. The van der Waals surface area contributed by atoms with Gasteiger partial charge in [-0.2, -0.15) is 0 Å². The Morgan fingerprint density at radius 2 is 2.05 bits per heavy atom. The maximum absolute atomic E-state index is 3.46. The molecule has 2 nitrogen and oxygen atoms in total. The van der Waals surface area contributed by atoms with E-state index in [0.717, 1.165) is 5.92 Å². The van der Waals surface area contributed by atoms with Crippen LogP contribution in [-0.4, -0.2) is 31.6 Å². The van der Waals surface area contributed by atoms with Gasteiger partial charge in [-0.05, 0) is 51.4 Å². The Morgan fingerprint density at radius 3 is 2.63 bits per heavy atom. The normalized spacial score (nSPS) is 21.7. The van der Waals surface area contributed by atoms with Gasteiger partial charge in [0.1, 0.15) is 0 Å². The molecule has 0 amide bonds. The van der Waals surface area contributed by atoms with Crippen LogP contribution in [0.4, 0.5) is 0 Å². The standard InChI is InChI=1S/C17H28N2/c1-4-15-9-11-19(13-15)12-10-17(18-3)16-7-5-14(2)6-8-16/h5-8,15,17-18H,4,9-13H2,1-3H3. The van der Waals surface area contributed by atoms with Gasteiger partial charge in [0.05, 0.1) is 0 Å². The lowest BCUT2D eigenvalue weighted by atomic mass is 10.0. The molecular formula is C17H28N2. The van der Waals surface area contributed by atoms with Crippen LogP contribution in [0.1, 0.15) is 43.4 Å². The van der Waals surface area contributed by atoms with Gasteiger partial charge in [-0.1, -0.05) is 43.2 Å². The number of likely N-dealkylation sites (tertiary alicyclic amines) is 1. The lowest BCUT2D eigenvalue weighted by Crippen LogP contribution is -2.26. The summed E-state index contributed by atoms with van der Waals surface area (Å²) in [6.07, 6.45) is 3.94. The number of nitrogens with zero attached hydrogens (tertiary/aromatic N) is 1. The van der Waals surface area contributed by atoms with Crippen molar-refractivity contribution in [1.82, 2.24) is 10.2 Å². The van der Waals surface area contributed by atoms with E-state index in [1.807, 2.05) is 0 Å². The third-order valence-corrected chi connectivity index (χ3v) is 4.51. The molecule has 0 spiro atoms. The molecule has 0 radical (unpaired) electrons. The SMILES string of the molecule is CCC1CCN(CCC(NC)c2ccc(C)cc2)C1. The summed E-state index contributed by atoms with van der Waals surface area (Å²) in [4.78, 5) is 2.63. The Bertz CT molecular complexity index is 371. The fourth-order valence-electron chi connectivity index (χ4n) is 3.04. The Morgan fingerprint density at radius 1 is 1.32 bits per heavy atom. The number of aryl methyl sites for hydroxylation is 1. The van der Waals surface area contributed by atoms with Crippen LogP contribution in [-0.2, 0) is 0 Å². The van der Waals surface area contributed by atoms with Gasteiger partial charge in [-0.15, -0.1) is 0 Å². The molecule has 19 heavy (non-hydrogen) atoms. The van der Waals surface area contributed by atoms with Gasteiger partial charge in [-0.3, -0.25) is 0 Å². The minimum atomic E-state index is 0.487. The minimum Gasteiger partial charge on any atom is -0.313 e. The van der Waals surface area contributed by atoms with Crippen molar-refractivity contribution in [2.24, 2.45) is 5.92 Å². The molecule has 2 rings (SSSR count). The number of rotatable bonds is 6. The number of hydrogen-bond acceptors (Lipinski definition) is 2. The first-order valence-corrected chi connectivity index (χ1v) is 7.69. The monoisotopic (exact) mass is 260 g/mol. The zero-order chi connectivity index (χ0) is 13.7. The van der Waals surface area contributed by atoms with Crippen LogP contribution < -0.4 is 5.32 Å². The largest absolute Gasteiger partial charge is 0.313 e. The van der Waals surface area contributed by atoms with E-state index in [0.29, 0.717) is 6.04 Å². The van der Waals surface area contributed by atoms with Crippen LogP contribution in [0.15, 0.2) is 24.3 Å². The highest BCUT2D eigenvalue weighted by molar-refractivity contribution is 5.24. The molecule has 1 aromatic carbocycles. The average Bonchev–Trinajstić information content (AvgIpc) is 2.89. The zero-order valence-electron chi connectivity index (χ0n) is 12.7. The predicted molar refractivity (Wildman–Crippen MR) is 82.4 cm³/mol. The van der Waals surface area contributed by atoms with E-state index in [1.165, 1.54) is 50.0 Å². The van der Waals surface area contributed by atoms with Crippen molar-refractivity contribution in [3.05, 3.63) is 35.4 Å². The molecule has 0 saturated carbocycles. The molecule has 2 heteroatoms. The summed E-state index contributed by atoms with van der Waals surface area (Å²) in [5.41, 5.74) is 2.75. The third-order valence-electron chi connectivity index (χ3n) is 4.51. The molecule has 0 aliphatic carbocycles. The van der Waals surface area contributed by atoms with Crippen molar-refractivity contribution in [2.75, 3.05) is 26.7 Å². The Kier molecular flexibility index (Phi) is 5.41. The van der Waals surface area contributed by atoms with Crippen molar-refractivity contribution in [3.8, 4) is 0 Å². The van der Waals surface area contributed by atoms with Gasteiger partial charge in [0, 0.05) is 12.6 Å². The van der Waals surface area contributed by atoms with Crippen molar-refractivity contribution >= 4 is 0 Å². The molecule has 106 valence electrons. The number of nitrogens with one attached hydrogen (secondary N) is 1.